The maximum atomic E-state index is 6.21. The number of nitrogens with two attached hydrogens (primary N) is 1. The van der Waals surface area contributed by atoms with Gasteiger partial charge in [-0.1, -0.05) is 35.9 Å². The van der Waals surface area contributed by atoms with Crippen LogP contribution in [0.15, 0.2) is 36.4 Å². The Hall–Kier alpha value is -1.05. The van der Waals surface area contributed by atoms with Gasteiger partial charge in [0, 0.05) is 22.4 Å². The molecule has 0 radical (unpaired) electrons. The highest BCUT2D eigenvalue weighted by Crippen LogP contribution is 2.48. The second kappa shape index (κ2) is 3.47. The van der Waals surface area contributed by atoms with E-state index in [9.17, 15) is 0 Å². The van der Waals surface area contributed by atoms with Crippen molar-refractivity contribution in [3.63, 3.8) is 0 Å². The zero-order valence-electron chi connectivity index (χ0n) is 9.04. The molecule has 1 aliphatic carbocycles. The van der Waals surface area contributed by atoms with Crippen molar-refractivity contribution >= 4 is 22.4 Å². The molecule has 3 rings (SSSR count). The largest absolute Gasteiger partial charge is 0.330 e. The molecule has 82 valence electrons. The van der Waals surface area contributed by atoms with E-state index in [1.54, 1.807) is 0 Å². The van der Waals surface area contributed by atoms with Gasteiger partial charge in [-0.3, -0.25) is 0 Å². The highest BCUT2D eigenvalue weighted by molar-refractivity contribution is 6.35. The number of halogens is 1. The van der Waals surface area contributed by atoms with Crippen LogP contribution in [0.5, 0.6) is 0 Å². The van der Waals surface area contributed by atoms with Crippen LogP contribution >= 0.6 is 11.6 Å². The van der Waals surface area contributed by atoms with Crippen LogP contribution in [0.25, 0.3) is 10.8 Å². The Labute approximate surface area is 100 Å². The van der Waals surface area contributed by atoms with Gasteiger partial charge in [0.2, 0.25) is 0 Å². The van der Waals surface area contributed by atoms with Gasteiger partial charge in [-0.2, -0.15) is 0 Å². The number of benzene rings is 2. The quantitative estimate of drug-likeness (QED) is 0.842. The smallest absolute Gasteiger partial charge is 0.0484 e. The van der Waals surface area contributed by atoms with Gasteiger partial charge < -0.3 is 5.73 Å². The predicted molar refractivity (Wildman–Crippen MR) is 68.9 cm³/mol. The van der Waals surface area contributed by atoms with Gasteiger partial charge in [0.15, 0.2) is 0 Å². The third-order valence-electron chi connectivity index (χ3n) is 3.69. The second-order valence-electron chi connectivity index (χ2n) is 4.66. The normalized spacial score (nSPS) is 17.6. The first kappa shape index (κ1) is 10.1. The van der Waals surface area contributed by atoms with E-state index in [4.69, 9.17) is 17.3 Å². The molecule has 1 saturated carbocycles. The Bertz CT molecular complexity index is 543. The molecule has 1 fully saturated rings. The molecule has 2 N–H and O–H groups in total. The Morgan fingerprint density at radius 3 is 2.69 bits per heavy atom. The molecule has 2 aromatic carbocycles. The minimum Gasteiger partial charge on any atom is -0.330 e. The van der Waals surface area contributed by atoms with Crippen molar-refractivity contribution < 1.29 is 0 Å². The van der Waals surface area contributed by atoms with Gasteiger partial charge in [-0.15, -0.1) is 0 Å². The molecular weight excluding hydrogens is 218 g/mol. The Morgan fingerprint density at radius 2 is 2.00 bits per heavy atom. The van der Waals surface area contributed by atoms with Crippen LogP contribution in [-0.2, 0) is 5.41 Å². The molecule has 0 aromatic heterocycles. The van der Waals surface area contributed by atoms with E-state index in [0.29, 0.717) is 0 Å². The summed E-state index contributed by atoms with van der Waals surface area (Å²) >= 11 is 6.21. The fourth-order valence-electron chi connectivity index (χ4n) is 2.33. The third kappa shape index (κ3) is 1.43. The summed E-state index contributed by atoms with van der Waals surface area (Å²) in [7, 11) is 0. The molecule has 1 nitrogen and oxygen atoms in total. The zero-order chi connectivity index (χ0) is 11.2. The summed E-state index contributed by atoms with van der Waals surface area (Å²) in [5, 5.41) is 3.16. The van der Waals surface area contributed by atoms with Gasteiger partial charge in [0.05, 0.1) is 0 Å². The molecule has 16 heavy (non-hydrogen) atoms. The standard InChI is InChI=1S/C14H14ClN/c15-13-3-1-2-10-4-5-11(8-12(10)13)14(9-16)6-7-14/h1-5,8H,6-7,9,16H2. The van der Waals surface area contributed by atoms with Crippen LogP contribution in [0.2, 0.25) is 5.02 Å². The minimum absolute atomic E-state index is 0.243. The van der Waals surface area contributed by atoms with E-state index in [2.05, 4.69) is 24.3 Å². The van der Waals surface area contributed by atoms with E-state index in [1.807, 2.05) is 12.1 Å². The van der Waals surface area contributed by atoms with Crippen molar-refractivity contribution in [2.24, 2.45) is 5.73 Å². The van der Waals surface area contributed by atoms with E-state index in [-0.39, 0.29) is 5.41 Å². The average Bonchev–Trinajstić information content (AvgIpc) is 3.10. The average molecular weight is 232 g/mol. The van der Waals surface area contributed by atoms with Crippen molar-refractivity contribution in [1.82, 2.24) is 0 Å². The molecular formula is C14H14ClN. The molecule has 0 heterocycles. The monoisotopic (exact) mass is 231 g/mol. The van der Waals surface area contributed by atoms with Crippen LogP contribution in [0.1, 0.15) is 18.4 Å². The second-order valence-corrected chi connectivity index (χ2v) is 5.07. The molecule has 0 amide bonds. The fraction of sp³-hybridized carbons (Fsp3) is 0.286. The van der Waals surface area contributed by atoms with E-state index in [1.165, 1.54) is 23.8 Å². The van der Waals surface area contributed by atoms with E-state index >= 15 is 0 Å². The third-order valence-corrected chi connectivity index (χ3v) is 4.02. The lowest BCUT2D eigenvalue weighted by molar-refractivity contribution is 0.706. The predicted octanol–water partition coefficient (Wildman–Crippen LogP) is 3.48. The molecule has 2 aromatic rings. The van der Waals surface area contributed by atoms with Crippen LogP contribution in [0.3, 0.4) is 0 Å². The van der Waals surface area contributed by atoms with Crippen molar-refractivity contribution in [3.8, 4) is 0 Å². The molecule has 2 heteroatoms. The first-order chi connectivity index (χ1) is 7.75. The summed E-state index contributed by atoms with van der Waals surface area (Å²) in [6, 6.07) is 12.6. The number of fused-ring (bicyclic) bond motifs is 1. The lowest BCUT2D eigenvalue weighted by Gasteiger charge is -2.13. The topological polar surface area (TPSA) is 26.0 Å². The van der Waals surface area contributed by atoms with Crippen molar-refractivity contribution in [3.05, 3.63) is 47.0 Å². The highest BCUT2D eigenvalue weighted by atomic mass is 35.5. The molecule has 1 aliphatic rings. The molecule has 0 spiro atoms. The molecule has 0 bridgehead atoms. The summed E-state index contributed by atoms with van der Waals surface area (Å²) in [6.45, 7) is 0.739. The molecule has 0 aliphatic heterocycles. The van der Waals surface area contributed by atoms with Crippen molar-refractivity contribution in [1.29, 1.82) is 0 Å². The van der Waals surface area contributed by atoms with Crippen LogP contribution < -0.4 is 5.73 Å². The minimum atomic E-state index is 0.243. The zero-order valence-corrected chi connectivity index (χ0v) is 9.80. The fourth-order valence-corrected chi connectivity index (χ4v) is 2.56. The first-order valence-electron chi connectivity index (χ1n) is 5.64. The van der Waals surface area contributed by atoms with Crippen molar-refractivity contribution in [2.75, 3.05) is 6.54 Å². The lowest BCUT2D eigenvalue weighted by atomic mass is 9.94. The molecule has 0 saturated heterocycles. The number of hydrogen-bond donors (Lipinski definition) is 1. The Kier molecular flexibility index (Phi) is 2.20. The summed E-state index contributed by atoms with van der Waals surface area (Å²) < 4.78 is 0. The summed E-state index contributed by atoms with van der Waals surface area (Å²) in [5.74, 6) is 0. The summed E-state index contributed by atoms with van der Waals surface area (Å²) in [4.78, 5) is 0. The SMILES string of the molecule is NCC1(c2ccc3cccc(Cl)c3c2)CC1. The van der Waals surface area contributed by atoms with Crippen LogP contribution in [0.4, 0.5) is 0 Å². The summed E-state index contributed by atoms with van der Waals surface area (Å²) in [6.07, 6.45) is 2.42. The van der Waals surface area contributed by atoms with Crippen LogP contribution in [0, 0.1) is 0 Å². The highest BCUT2D eigenvalue weighted by Gasteiger charge is 2.42. The van der Waals surface area contributed by atoms with Crippen molar-refractivity contribution in [2.45, 2.75) is 18.3 Å². The van der Waals surface area contributed by atoms with Gasteiger partial charge >= 0.3 is 0 Å². The Balaban J connectivity index is 2.19. The van der Waals surface area contributed by atoms with Crippen LogP contribution in [-0.4, -0.2) is 6.54 Å². The number of hydrogen-bond acceptors (Lipinski definition) is 1. The van der Waals surface area contributed by atoms with Gasteiger partial charge in [-0.25, -0.2) is 0 Å². The maximum absolute atomic E-state index is 6.21. The maximum Gasteiger partial charge on any atom is 0.0484 e. The van der Waals surface area contributed by atoms with Gasteiger partial charge in [-0.05, 0) is 35.9 Å². The van der Waals surface area contributed by atoms with E-state index in [0.717, 1.165) is 17.0 Å². The lowest BCUT2D eigenvalue weighted by Crippen LogP contribution is -2.19. The van der Waals surface area contributed by atoms with Gasteiger partial charge in [0.1, 0.15) is 0 Å². The Morgan fingerprint density at radius 1 is 1.19 bits per heavy atom. The van der Waals surface area contributed by atoms with E-state index < -0.39 is 0 Å². The molecule has 0 atom stereocenters. The number of rotatable bonds is 2. The first-order valence-corrected chi connectivity index (χ1v) is 6.02. The molecule has 0 unspecified atom stereocenters. The van der Waals surface area contributed by atoms with Gasteiger partial charge in [0.25, 0.3) is 0 Å². The summed E-state index contributed by atoms with van der Waals surface area (Å²) in [5.41, 5.74) is 7.44.